The quantitative estimate of drug-likeness (QED) is 0.349. The summed E-state index contributed by atoms with van der Waals surface area (Å²) in [7, 11) is 0. The summed E-state index contributed by atoms with van der Waals surface area (Å²) in [6.07, 6.45) is 0. The van der Waals surface area contributed by atoms with Gasteiger partial charge in [0.25, 0.3) is 5.91 Å². The first-order valence-corrected chi connectivity index (χ1v) is 10.5. The molecule has 0 aliphatic carbocycles. The number of aromatic carboxylic acids is 1. The average Bonchev–Trinajstić information content (AvgIpc) is 3.17. The van der Waals surface area contributed by atoms with E-state index in [1.54, 1.807) is 30.3 Å². The summed E-state index contributed by atoms with van der Waals surface area (Å²) in [4.78, 5) is 29.8. The molecule has 33 heavy (non-hydrogen) atoms. The number of aryl methyl sites for hydroxylation is 2. The zero-order valence-electron chi connectivity index (χ0n) is 18.0. The number of amides is 1. The number of benzene rings is 3. The number of para-hydroxylation sites is 1. The van der Waals surface area contributed by atoms with E-state index in [0.717, 1.165) is 16.5 Å². The van der Waals surface area contributed by atoms with Crippen LogP contribution in [-0.2, 0) is 0 Å². The van der Waals surface area contributed by atoms with Crippen LogP contribution in [0.2, 0.25) is 0 Å². The van der Waals surface area contributed by atoms with Crippen LogP contribution in [0, 0.1) is 13.8 Å². The van der Waals surface area contributed by atoms with E-state index < -0.39 is 5.97 Å². The molecule has 2 aromatic heterocycles. The van der Waals surface area contributed by atoms with Crippen LogP contribution >= 0.6 is 0 Å². The van der Waals surface area contributed by atoms with Gasteiger partial charge < -0.3 is 14.8 Å². The molecular weight excluding hydrogens is 416 g/mol. The summed E-state index contributed by atoms with van der Waals surface area (Å²) in [5.74, 6) is -0.911. The lowest BCUT2D eigenvalue weighted by Gasteiger charge is -2.14. The molecule has 0 bridgehead atoms. The second-order valence-electron chi connectivity index (χ2n) is 7.89. The SMILES string of the molecule is Cc1c(-c2cc(C(=O)O)c3c(NC(=O)c4ccccc4)ccc(C)c3n2)oc2ccccc12. The molecule has 0 radical (unpaired) electrons. The van der Waals surface area contributed by atoms with Gasteiger partial charge >= 0.3 is 5.97 Å². The second-order valence-corrected chi connectivity index (χ2v) is 7.89. The van der Waals surface area contributed by atoms with Gasteiger partial charge in [-0.05, 0) is 49.7 Å². The van der Waals surface area contributed by atoms with Crippen molar-refractivity contribution in [1.82, 2.24) is 4.98 Å². The van der Waals surface area contributed by atoms with Crippen LogP contribution in [0.1, 0.15) is 31.8 Å². The van der Waals surface area contributed by atoms with Gasteiger partial charge in [0.05, 0.1) is 16.8 Å². The number of carbonyl (C=O) groups excluding carboxylic acids is 1. The first kappa shape index (κ1) is 20.5. The van der Waals surface area contributed by atoms with Crippen LogP contribution in [0.4, 0.5) is 5.69 Å². The number of furan rings is 1. The predicted molar refractivity (Wildman–Crippen MR) is 128 cm³/mol. The van der Waals surface area contributed by atoms with Crippen LogP contribution < -0.4 is 5.32 Å². The minimum absolute atomic E-state index is 0.0434. The van der Waals surface area contributed by atoms with Gasteiger partial charge in [0.15, 0.2) is 5.76 Å². The summed E-state index contributed by atoms with van der Waals surface area (Å²) in [5.41, 5.74) is 4.23. The molecule has 0 saturated carbocycles. The fourth-order valence-corrected chi connectivity index (χ4v) is 4.07. The zero-order chi connectivity index (χ0) is 23.1. The standard InChI is InChI=1S/C27H20N2O4/c1-15-12-13-20(29-26(30)17-8-4-3-5-9-17)23-19(27(31)32)14-21(28-24(15)23)25-16(2)18-10-6-7-11-22(18)33-25/h3-14H,1-2H3,(H,29,30)(H,31,32). The largest absolute Gasteiger partial charge is 0.478 e. The number of nitrogens with one attached hydrogen (secondary N) is 1. The zero-order valence-corrected chi connectivity index (χ0v) is 18.0. The number of carbonyl (C=O) groups is 2. The van der Waals surface area contributed by atoms with E-state index in [2.05, 4.69) is 5.32 Å². The molecule has 0 saturated heterocycles. The molecule has 0 fully saturated rings. The monoisotopic (exact) mass is 436 g/mol. The van der Waals surface area contributed by atoms with Crippen molar-refractivity contribution in [2.75, 3.05) is 5.32 Å². The number of anilines is 1. The average molecular weight is 436 g/mol. The minimum Gasteiger partial charge on any atom is -0.478 e. The van der Waals surface area contributed by atoms with Gasteiger partial charge in [0.1, 0.15) is 11.3 Å². The van der Waals surface area contributed by atoms with Crippen molar-refractivity contribution < 1.29 is 19.1 Å². The molecule has 0 aliphatic heterocycles. The number of carboxylic acid groups (broad SMARTS) is 1. The van der Waals surface area contributed by atoms with Gasteiger partial charge in [-0.1, -0.05) is 42.5 Å². The highest BCUT2D eigenvalue weighted by Gasteiger charge is 2.21. The molecule has 0 aliphatic rings. The number of pyridine rings is 1. The molecule has 2 heterocycles. The fraction of sp³-hybridized carbons (Fsp3) is 0.0741. The van der Waals surface area contributed by atoms with Gasteiger partial charge in [0, 0.05) is 21.9 Å². The van der Waals surface area contributed by atoms with Crippen molar-refractivity contribution in [3.63, 3.8) is 0 Å². The first-order valence-electron chi connectivity index (χ1n) is 10.5. The Morgan fingerprint density at radius 2 is 1.67 bits per heavy atom. The van der Waals surface area contributed by atoms with E-state index in [0.29, 0.717) is 39.2 Å². The molecule has 5 aromatic rings. The molecule has 6 heteroatoms. The predicted octanol–water partition coefficient (Wildman–Crippen LogP) is 6.22. The maximum Gasteiger partial charge on any atom is 0.336 e. The number of aromatic nitrogens is 1. The molecule has 5 rings (SSSR count). The summed E-state index contributed by atoms with van der Waals surface area (Å²) in [6.45, 7) is 3.79. The number of carboxylic acids is 1. The van der Waals surface area contributed by atoms with E-state index in [1.807, 2.05) is 50.2 Å². The van der Waals surface area contributed by atoms with Crippen LogP contribution in [0.25, 0.3) is 33.3 Å². The van der Waals surface area contributed by atoms with Crippen molar-refractivity contribution in [2.24, 2.45) is 0 Å². The van der Waals surface area contributed by atoms with Crippen LogP contribution in [0.15, 0.2) is 77.2 Å². The lowest BCUT2D eigenvalue weighted by atomic mass is 10.0. The Morgan fingerprint density at radius 3 is 2.39 bits per heavy atom. The third-order valence-corrected chi connectivity index (χ3v) is 5.75. The first-order chi connectivity index (χ1) is 15.9. The Hall–Kier alpha value is -4.45. The molecule has 3 aromatic carbocycles. The second kappa shape index (κ2) is 7.91. The van der Waals surface area contributed by atoms with Crippen molar-refractivity contribution in [2.45, 2.75) is 13.8 Å². The fourth-order valence-electron chi connectivity index (χ4n) is 4.07. The Kier molecular flexibility index (Phi) is 4.90. The summed E-state index contributed by atoms with van der Waals surface area (Å²) in [5, 5.41) is 14.2. The third-order valence-electron chi connectivity index (χ3n) is 5.75. The van der Waals surface area contributed by atoms with E-state index in [1.165, 1.54) is 6.07 Å². The Balaban J connectivity index is 1.71. The number of hydrogen-bond acceptors (Lipinski definition) is 4. The van der Waals surface area contributed by atoms with Crippen molar-refractivity contribution >= 4 is 39.4 Å². The molecule has 1 amide bonds. The number of nitrogens with zero attached hydrogens (tertiary/aromatic N) is 1. The van der Waals surface area contributed by atoms with Gasteiger partial charge in [-0.3, -0.25) is 4.79 Å². The van der Waals surface area contributed by atoms with Gasteiger partial charge in [-0.15, -0.1) is 0 Å². The van der Waals surface area contributed by atoms with Crippen molar-refractivity contribution in [3.05, 3.63) is 95.1 Å². The lowest BCUT2D eigenvalue weighted by Crippen LogP contribution is -2.13. The Morgan fingerprint density at radius 1 is 0.939 bits per heavy atom. The topological polar surface area (TPSA) is 92.4 Å². The highest BCUT2D eigenvalue weighted by molar-refractivity contribution is 6.14. The van der Waals surface area contributed by atoms with Crippen molar-refractivity contribution in [1.29, 1.82) is 0 Å². The third kappa shape index (κ3) is 3.51. The molecule has 0 unspecified atom stereocenters. The van der Waals surface area contributed by atoms with E-state index in [4.69, 9.17) is 9.40 Å². The van der Waals surface area contributed by atoms with Crippen molar-refractivity contribution in [3.8, 4) is 11.5 Å². The molecule has 2 N–H and O–H groups in total. The maximum atomic E-state index is 12.8. The summed E-state index contributed by atoms with van der Waals surface area (Å²) < 4.78 is 6.04. The highest BCUT2D eigenvalue weighted by atomic mass is 16.4. The molecular formula is C27H20N2O4. The number of rotatable bonds is 4. The molecule has 0 atom stereocenters. The van der Waals surface area contributed by atoms with Gasteiger partial charge in [-0.2, -0.15) is 0 Å². The van der Waals surface area contributed by atoms with Crippen LogP contribution in [0.5, 0.6) is 0 Å². The summed E-state index contributed by atoms with van der Waals surface area (Å²) >= 11 is 0. The van der Waals surface area contributed by atoms with E-state index in [9.17, 15) is 14.7 Å². The Bertz CT molecular complexity index is 1550. The van der Waals surface area contributed by atoms with Crippen LogP contribution in [0.3, 0.4) is 0 Å². The summed E-state index contributed by atoms with van der Waals surface area (Å²) in [6, 6.07) is 21.4. The molecule has 162 valence electrons. The van der Waals surface area contributed by atoms with E-state index in [-0.39, 0.29) is 11.5 Å². The Labute approximate surface area is 189 Å². The number of fused-ring (bicyclic) bond motifs is 2. The highest BCUT2D eigenvalue weighted by Crippen LogP contribution is 2.36. The van der Waals surface area contributed by atoms with Gasteiger partial charge in [-0.25, -0.2) is 9.78 Å². The maximum absolute atomic E-state index is 12.8. The molecule has 6 nitrogen and oxygen atoms in total. The smallest absolute Gasteiger partial charge is 0.336 e. The lowest BCUT2D eigenvalue weighted by molar-refractivity contribution is 0.0698. The van der Waals surface area contributed by atoms with Gasteiger partial charge in [0.2, 0.25) is 0 Å². The molecule has 0 spiro atoms. The van der Waals surface area contributed by atoms with E-state index >= 15 is 0 Å². The van der Waals surface area contributed by atoms with Crippen LogP contribution in [-0.4, -0.2) is 22.0 Å². The number of hydrogen-bond donors (Lipinski definition) is 2. The normalized spacial score (nSPS) is 11.1. The minimum atomic E-state index is -1.11.